The van der Waals surface area contributed by atoms with Gasteiger partial charge in [-0.2, -0.15) is 0 Å². The van der Waals surface area contributed by atoms with Crippen LogP contribution in [0, 0.1) is 0 Å². The van der Waals surface area contributed by atoms with Crippen LogP contribution in [0.5, 0.6) is 0 Å². The maximum Gasteiger partial charge on any atom is 1.00 e. The Morgan fingerprint density at radius 3 is 2.12 bits per heavy atom. The van der Waals surface area contributed by atoms with Crippen molar-refractivity contribution >= 4 is 20.9 Å². The van der Waals surface area contributed by atoms with E-state index in [9.17, 15) is 13.0 Å². The van der Waals surface area contributed by atoms with E-state index in [1.54, 1.807) is 12.1 Å². The van der Waals surface area contributed by atoms with Crippen molar-refractivity contribution < 1.29 is 42.5 Å². The first-order chi connectivity index (χ1) is 11.5. The van der Waals surface area contributed by atoms with E-state index in [2.05, 4.69) is 19.9 Å². The fraction of sp³-hybridized carbons (Fsp3) is 0.500. The standard InChI is InChI=1S/C20H28O3S.Na/c1-3-5-7-11-16-15-17-12-9-10-14-19(17)20(24(21,22)23)18(16)13-8-6-4-2;/h9-10,12,14-15H,3-8,11,13H2,1-2H3,(H,21,22,23);/q;+1/p-1. The van der Waals surface area contributed by atoms with Crippen molar-refractivity contribution in [3.05, 3.63) is 41.5 Å². The first-order valence-electron chi connectivity index (χ1n) is 8.98. The molecule has 5 heteroatoms. The Bertz CT molecular complexity index is 785. The molecule has 2 aromatic rings. The minimum Gasteiger partial charge on any atom is -0.744 e. The fourth-order valence-corrected chi connectivity index (χ4v) is 4.30. The molecule has 0 atom stereocenters. The van der Waals surface area contributed by atoms with Crippen LogP contribution >= 0.6 is 0 Å². The second-order valence-electron chi connectivity index (χ2n) is 6.43. The van der Waals surface area contributed by atoms with E-state index in [-0.39, 0.29) is 34.5 Å². The van der Waals surface area contributed by atoms with Crippen LogP contribution < -0.4 is 29.6 Å². The van der Waals surface area contributed by atoms with Crippen LogP contribution in [0.2, 0.25) is 0 Å². The van der Waals surface area contributed by atoms with Gasteiger partial charge in [0, 0.05) is 0 Å². The molecule has 3 nitrogen and oxygen atoms in total. The maximum atomic E-state index is 12.0. The number of benzene rings is 2. The predicted octanol–water partition coefficient (Wildman–Crippen LogP) is 2.21. The largest absolute Gasteiger partial charge is 1.00 e. The van der Waals surface area contributed by atoms with Crippen molar-refractivity contribution in [1.29, 1.82) is 0 Å². The molecule has 0 saturated carbocycles. The van der Waals surface area contributed by atoms with Gasteiger partial charge in [0.15, 0.2) is 0 Å². The number of unbranched alkanes of at least 4 members (excludes halogenated alkanes) is 4. The van der Waals surface area contributed by atoms with Gasteiger partial charge in [-0.15, -0.1) is 0 Å². The molecular weight excluding hydrogens is 343 g/mol. The summed E-state index contributed by atoms with van der Waals surface area (Å²) in [5.41, 5.74) is 1.79. The Balaban J connectivity index is 0.00000312. The molecule has 0 heterocycles. The summed E-state index contributed by atoms with van der Waals surface area (Å²) in [5.74, 6) is 0. The van der Waals surface area contributed by atoms with Gasteiger partial charge in [0.25, 0.3) is 0 Å². The Morgan fingerprint density at radius 2 is 1.52 bits per heavy atom. The molecule has 2 aromatic carbocycles. The third-order valence-corrected chi connectivity index (χ3v) is 5.49. The van der Waals surface area contributed by atoms with Crippen molar-refractivity contribution in [1.82, 2.24) is 0 Å². The van der Waals surface area contributed by atoms with Crippen LogP contribution in [-0.2, 0) is 23.0 Å². The Labute approximate surface area is 174 Å². The van der Waals surface area contributed by atoms with Gasteiger partial charge in [0.05, 0.1) is 4.90 Å². The number of aryl methyl sites for hydroxylation is 1. The normalized spacial score (nSPS) is 11.5. The summed E-state index contributed by atoms with van der Waals surface area (Å²) in [4.78, 5) is 0.0169. The van der Waals surface area contributed by atoms with E-state index in [0.717, 1.165) is 61.5 Å². The molecule has 25 heavy (non-hydrogen) atoms. The molecule has 0 radical (unpaired) electrons. The molecule has 0 fully saturated rings. The zero-order valence-corrected chi connectivity index (χ0v) is 18.5. The van der Waals surface area contributed by atoms with Gasteiger partial charge in [-0.1, -0.05) is 69.9 Å². The molecule has 132 valence electrons. The van der Waals surface area contributed by atoms with Crippen LogP contribution in [0.3, 0.4) is 0 Å². The van der Waals surface area contributed by atoms with Gasteiger partial charge in [-0.3, -0.25) is 0 Å². The molecule has 0 spiro atoms. The average Bonchev–Trinajstić information content (AvgIpc) is 2.54. The van der Waals surface area contributed by atoms with Crippen molar-refractivity contribution in [2.24, 2.45) is 0 Å². The molecule has 0 N–H and O–H groups in total. The van der Waals surface area contributed by atoms with Gasteiger partial charge in [0.2, 0.25) is 0 Å². The van der Waals surface area contributed by atoms with E-state index >= 15 is 0 Å². The van der Waals surface area contributed by atoms with Gasteiger partial charge in [-0.05, 0) is 47.6 Å². The van der Waals surface area contributed by atoms with Crippen LogP contribution in [-0.4, -0.2) is 13.0 Å². The van der Waals surface area contributed by atoms with E-state index in [1.165, 1.54) is 0 Å². The maximum absolute atomic E-state index is 12.0. The zero-order chi connectivity index (χ0) is 17.6. The Morgan fingerprint density at radius 1 is 0.920 bits per heavy atom. The van der Waals surface area contributed by atoms with E-state index in [0.29, 0.717) is 11.8 Å². The minimum atomic E-state index is -4.50. The molecule has 0 bridgehead atoms. The summed E-state index contributed by atoms with van der Waals surface area (Å²) in [6.07, 6.45) is 7.77. The third-order valence-electron chi connectivity index (χ3n) is 4.53. The van der Waals surface area contributed by atoms with Gasteiger partial charge < -0.3 is 4.55 Å². The topological polar surface area (TPSA) is 57.2 Å². The molecule has 0 unspecified atom stereocenters. The van der Waals surface area contributed by atoms with Crippen molar-refractivity contribution in [2.75, 3.05) is 0 Å². The monoisotopic (exact) mass is 370 g/mol. The number of fused-ring (bicyclic) bond motifs is 1. The molecule has 2 rings (SSSR count). The first-order valence-corrected chi connectivity index (χ1v) is 10.4. The molecule has 0 aromatic heterocycles. The number of hydrogen-bond acceptors (Lipinski definition) is 3. The second kappa shape index (κ2) is 10.7. The molecule has 0 saturated heterocycles. The van der Waals surface area contributed by atoms with Crippen LogP contribution in [0.4, 0.5) is 0 Å². The first kappa shape index (κ1) is 22.7. The molecular formula is C20H27NaO3S. The quantitative estimate of drug-likeness (QED) is 0.386. The summed E-state index contributed by atoms with van der Waals surface area (Å²) in [7, 11) is -4.50. The van der Waals surface area contributed by atoms with Crippen LogP contribution in [0.1, 0.15) is 63.5 Å². The van der Waals surface area contributed by atoms with Gasteiger partial charge in [0.1, 0.15) is 10.1 Å². The van der Waals surface area contributed by atoms with Crippen LogP contribution in [0.25, 0.3) is 10.8 Å². The number of hydrogen-bond donors (Lipinski definition) is 0. The fourth-order valence-electron chi connectivity index (χ4n) is 3.31. The molecule has 0 aliphatic rings. The van der Waals surface area contributed by atoms with Crippen molar-refractivity contribution in [2.45, 2.75) is 70.1 Å². The molecule has 0 aliphatic carbocycles. The summed E-state index contributed by atoms with van der Waals surface area (Å²) in [6.45, 7) is 4.27. The third kappa shape index (κ3) is 6.07. The average molecular weight is 370 g/mol. The Hall–Kier alpha value is -0.390. The van der Waals surface area contributed by atoms with E-state index in [1.807, 2.05) is 12.1 Å². The van der Waals surface area contributed by atoms with E-state index in [4.69, 9.17) is 0 Å². The summed E-state index contributed by atoms with van der Waals surface area (Å²) in [5, 5.41) is 1.41. The predicted molar refractivity (Wildman–Crippen MR) is 98.4 cm³/mol. The number of rotatable bonds is 9. The second-order valence-corrected chi connectivity index (χ2v) is 7.75. The molecule has 0 amide bonds. The van der Waals surface area contributed by atoms with Gasteiger partial charge in [-0.25, -0.2) is 8.42 Å². The molecule has 0 aliphatic heterocycles. The van der Waals surface area contributed by atoms with Gasteiger partial charge >= 0.3 is 29.6 Å². The minimum absolute atomic E-state index is 0. The summed E-state index contributed by atoms with van der Waals surface area (Å²) < 4.78 is 36.1. The van der Waals surface area contributed by atoms with Crippen molar-refractivity contribution in [3.8, 4) is 0 Å². The summed E-state index contributed by atoms with van der Waals surface area (Å²) in [6, 6.07) is 9.41. The Kier molecular flexibility index (Phi) is 9.68. The SMILES string of the molecule is CCCCCc1cc2ccccc2c(S(=O)(=O)[O-])c1CCCCC.[Na+]. The summed E-state index contributed by atoms with van der Waals surface area (Å²) >= 11 is 0. The van der Waals surface area contributed by atoms with Crippen LogP contribution in [0.15, 0.2) is 35.2 Å². The zero-order valence-electron chi connectivity index (χ0n) is 15.7. The smallest absolute Gasteiger partial charge is 0.744 e. The van der Waals surface area contributed by atoms with E-state index < -0.39 is 10.1 Å². The van der Waals surface area contributed by atoms with Crippen molar-refractivity contribution in [3.63, 3.8) is 0 Å².